The van der Waals surface area contributed by atoms with E-state index in [1.165, 1.54) is 37.9 Å². The highest BCUT2D eigenvalue weighted by molar-refractivity contribution is 9.10. The van der Waals surface area contributed by atoms with Crippen molar-refractivity contribution in [3.8, 4) is 0 Å². The van der Waals surface area contributed by atoms with Gasteiger partial charge in [-0.25, -0.2) is 0 Å². The topological polar surface area (TPSA) is 15.3 Å². The smallest absolute Gasteiger partial charge is 0.0237 e. The summed E-state index contributed by atoms with van der Waals surface area (Å²) in [7, 11) is 0. The Morgan fingerprint density at radius 2 is 1.95 bits per heavy atom. The molecule has 1 heterocycles. The Hall–Kier alpha value is -0.380. The molecule has 19 heavy (non-hydrogen) atoms. The van der Waals surface area contributed by atoms with E-state index in [-0.39, 0.29) is 0 Å². The fourth-order valence-electron chi connectivity index (χ4n) is 3.02. The summed E-state index contributed by atoms with van der Waals surface area (Å²) >= 11 is 3.51. The molecule has 1 aromatic rings. The van der Waals surface area contributed by atoms with Crippen LogP contribution in [0.25, 0.3) is 0 Å². The third-order valence-electron chi connectivity index (χ3n) is 4.51. The molecule has 104 valence electrons. The van der Waals surface area contributed by atoms with Crippen molar-refractivity contribution in [2.75, 3.05) is 13.1 Å². The average molecular weight is 323 g/mol. The van der Waals surface area contributed by atoms with Gasteiger partial charge >= 0.3 is 0 Å². The Labute approximate surface area is 124 Å². The van der Waals surface area contributed by atoms with Crippen LogP contribution in [0, 0.1) is 5.92 Å². The number of rotatable bonds is 3. The largest absolute Gasteiger partial charge is 0.312 e. The highest BCUT2D eigenvalue weighted by atomic mass is 79.9. The maximum Gasteiger partial charge on any atom is 0.0237 e. The predicted molar refractivity (Wildman–Crippen MR) is 83.1 cm³/mol. The fraction of sp³-hybridized carbons (Fsp3) is 0.625. The van der Waals surface area contributed by atoms with Gasteiger partial charge in [0.1, 0.15) is 0 Å². The first-order chi connectivity index (χ1) is 9.22. The molecule has 0 amide bonds. The van der Waals surface area contributed by atoms with E-state index in [9.17, 15) is 0 Å². The van der Waals surface area contributed by atoms with Crippen molar-refractivity contribution in [3.05, 3.63) is 34.3 Å². The van der Waals surface area contributed by atoms with Crippen molar-refractivity contribution in [3.63, 3.8) is 0 Å². The first-order valence-electron chi connectivity index (χ1n) is 7.44. The quantitative estimate of drug-likeness (QED) is 0.917. The minimum Gasteiger partial charge on any atom is -0.312 e. The van der Waals surface area contributed by atoms with Gasteiger partial charge in [0.25, 0.3) is 0 Å². The number of benzene rings is 1. The first kappa shape index (κ1) is 13.6. The molecular formula is C16H23BrN2. The second kappa shape index (κ2) is 5.94. The van der Waals surface area contributed by atoms with Crippen LogP contribution in [0.3, 0.4) is 0 Å². The minimum atomic E-state index is 0.680. The molecule has 3 heteroatoms. The molecule has 2 atom stereocenters. The number of nitrogens with zero attached hydrogens (tertiary/aromatic N) is 1. The van der Waals surface area contributed by atoms with Gasteiger partial charge in [-0.1, -0.05) is 28.1 Å². The van der Waals surface area contributed by atoms with E-state index >= 15 is 0 Å². The van der Waals surface area contributed by atoms with Gasteiger partial charge in [0, 0.05) is 29.6 Å². The fourth-order valence-corrected chi connectivity index (χ4v) is 3.28. The van der Waals surface area contributed by atoms with Crippen molar-refractivity contribution in [1.29, 1.82) is 0 Å². The lowest BCUT2D eigenvalue weighted by molar-refractivity contribution is 0.190. The normalized spacial score (nSPS) is 29.2. The number of hydrogen-bond donors (Lipinski definition) is 1. The molecule has 1 aliphatic heterocycles. The maximum absolute atomic E-state index is 3.75. The average Bonchev–Trinajstić information content (AvgIpc) is 3.22. The van der Waals surface area contributed by atoms with Crippen molar-refractivity contribution < 1.29 is 0 Å². The summed E-state index contributed by atoms with van der Waals surface area (Å²) in [5, 5.41) is 3.75. The van der Waals surface area contributed by atoms with Gasteiger partial charge in [-0.2, -0.15) is 0 Å². The van der Waals surface area contributed by atoms with Gasteiger partial charge in [-0.15, -0.1) is 0 Å². The minimum absolute atomic E-state index is 0.680. The summed E-state index contributed by atoms with van der Waals surface area (Å²) in [6.45, 7) is 5.84. The van der Waals surface area contributed by atoms with Gasteiger partial charge in [0.15, 0.2) is 0 Å². The highest BCUT2D eigenvalue weighted by Gasteiger charge is 2.34. The molecule has 1 saturated heterocycles. The van der Waals surface area contributed by atoms with Crippen LogP contribution in [0.4, 0.5) is 0 Å². The van der Waals surface area contributed by atoms with E-state index in [0.717, 1.165) is 23.0 Å². The predicted octanol–water partition coefficient (Wildman–Crippen LogP) is 3.41. The zero-order valence-corrected chi connectivity index (χ0v) is 13.2. The molecule has 0 spiro atoms. The number of nitrogens with one attached hydrogen (secondary N) is 1. The van der Waals surface area contributed by atoms with Crippen LogP contribution in [0.5, 0.6) is 0 Å². The van der Waals surface area contributed by atoms with Gasteiger partial charge in [0.05, 0.1) is 0 Å². The summed E-state index contributed by atoms with van der Waals surface area (Å²) in [5.74, 6) is 0.942. The van der Waals surface area contributed by atoms with Crippen LogP contribution >= 0.6 is 15.9 Å². The van der Waals surface area contributed by atoms with E-state index in [1.807, 2.05) is 0 Å². The van der Waals surface area contributed by atoms with Gasteiger partial charge in [0.2, 0.25) is 0 Å². The lowest BCUT2D eigenvalue weighted by atomic mass is 10.1. The standard InChI is InChI=1S/C16H23BrN2/c1-12-8-9-18-16(14-4-5-14)11-19(12)10-13-2-6-15(17)7-3-13/h2-3,6-7,12,14,16,18H,4-5,8-11H2,1H3. The van der Waals surface area contributed by atoms with Crippen LogP contribution in [0.2, 0.25) is 0 Å². The van der Waals surface area contributed by atoms with E-state index < -0.39 is 0 Å². The molecule has 2 fully saturated rings. The Balaban J connectivity index is 1.67. The van der Waals surface area contributed by atoms with Crippen LogP contribution in [0.15, 0.2) is 28.7 Å². The monoisotopic (exact) mass is 322 g/mol. The molecule has 2 nitrogen and oxygen atoms in total. The van der Waals surface area contributed by atoms with Crippen molar-refractivity contribution in [1.82, 2.24) is 10.2 Å². The van der Waals surface area contributed by atoms with Crippen LogP contribution in [-0.4, -0.2) is 30.1 Å². The molecule has 2 unspecified atom stereocenters. The van der Waals surface area contributed by atoms with Crippen molar-refractivity contribution >= 4 is 15.9 Å². The number of halogens is 1. The number of hydrogen-bond acceptors (Lipinski definition) is 2. The first-order valence-corrected chi connectivity index (χ1v) is 8.23. The van der Waals surface area contributed by atoms with Crippen molar-refractivity contribution in [2.24, 2.45) is 5.92 Å². The highest BCUT2D eigenvalue weighted by Crippen LogP contribution is 2.34. The summed E-state index contributed by atoms with van der Waals surface area (Å²) in [6, 6.07) is 10.2. The van der Waals surface area contributed by atoms with Gasteiger partial charge in [-0.3, -0.25) is 4.90 Å². The third-order valence-corrected chi connectivity index (χ3v) is 5.04. The lowest BCUT2D eigenvalue weighted by Crippen LogP contribution is -2.40. The molecule has 1 N–H and O–H groups in total. The molecule has 1 aromatic carbocycles. The van der Waals surface area contributed by atoms with Crippen molar-refractivity contribution in [2.45, 2.75) is 44.8 Å². The SMILES string of the molecule is CC1CCNC(C2CC2)CN1Cc1ccc(Br)cc1. The zero-order chi connectivity index (χ0) is 13.2. The summed E-state index contributed by atoms with van der Waals surface area (Å²) in [4.78, 5) is 2.66. The third kappa shape index (κ3) is 3.59. The van der Waals surface area contributed by atoms with E-state index in [0.29, 0.717) is 6.04 Å². The van der Waals surface area contributed by atoms with Gasteiger partial charge in [-0.05, 0) is 56.3 Å². The second-order valence-corrected chi connectivity index (χ2v) is 7.01. The Bertz CT molecular complexity index is 413. The lowest BCUT2D eigenvalue weighted by Gasteiger charge is -2.29. The van der Waals surface area contributed by atoms with Crippen LogP contribution < -0.4 is 5.32 Å². The summed E-state index contributed by atoms with van der Waals surface area (Å²) in [5.41, 5.74) is 1.42. The maximum atomic E-state index is 3.75. The second-order valence-electron chi connectivity index (χ2n) is 6.09. The molecule has 2 aliphatic rings. The zero-order valence-electron chi connectivity index (χ0n) is 11.6. The summed E-state index contributed by atoms with van der Waals surface area (Å²) < 4.78 is 1.16. The molecule has 0 radical (unpaired) electrons. The Morgan fingerprint density at radius 1 is 1.21 bits per heavy atom. The Morgan fingerprint density at radius 3 is 2.63 bits per heavy atom. The van der Waals surface area contributed by atoms with E-state index in [1.54, 1.807) is 0 Å². The van der Waals surface area contributed by atoms with Crippen LogP contribution in [-0.2, 0) is 6.54 Å². The summed E-state index contributed by atoms with van der Waals surface area (Å²) in [6.07, 6.45) is 4.12. The van der Waals surface area contributed by atoms with Crippen LogP contribution in [0.1, 0.15) is 31.7 Å². The molecule has 1 aliphatic carbocycles. The molecule has 3 rings (SSSR count). The molecular weight excluding hydrogens is 300 g/mol. The molecule has 0 bridgehead atoms. The van der Waals surface area contributed by atoms with E-state index in [4.69, 9.17) is 0 Å². The van der Waals surface area contributed by atoms with Gasteiger partial charge < -0.3 is 5.32 Å². The molecule has 0 aromatic heterocycles. The Kier molecular flexibility index (Phi) is 4.25. The van der Waals surface area contributed by atoms with E-state index in [2.05, 4.69) is 57.3 Å². The molecule has 1 saturated carbocycles.